The molecule has 0 radical (unpaired) electrons. The molecule has 0 bridgehead atoms. The Labute approximate surface area is 268 Å². The molecule has 4 N–H and O–H groups in total. The maximum atomic E-state index is 12.4. The molecule has 17 heteroatoms. The highest BCUT2D eigenvalue weighted by Gasteiger charge is 2.59. The molecule has 0 spiro atoms. The highest BCUT2D eigenvalue weighted by molar-refractivity contribution is 5.87. The summed E-state index contributed by atoms with van der Waals surface area (Å²) < 4.78 is 43.1. The summed E-state index contributed by atoms with van der Waals surface area (Å²) >= 11 is 0. The number of aliphatic hydroxyl groups is 3. The van der Waals surface area contributed by atoms with E-state index >= 15 is 0 Å². The Bertz CT molecular complexity index is 1300. The third-order valence-corrected chi connectivity index (χ3v) is 7.00. The summed E-state index contributed by atoms with van der Waals surface area (Å²) in [6.45, 7) is 1.54. The van der Waals surface area contributed by atoms with Crippen molar-refractivity contribution in [1.29, 1.82) is 0 Å². The predicted molar refractivity (Wildman–Crippen MR) is 153 cm³/mol. The number of phenols is 1. The van der Waals surface area contributed by atoms with E-state index in [2.05, 4.69) is 0 Å². The maximum absolute atomic E-state index is 12.4. The van der Waals surface area contributed by atoms with Crippen LogP contribution in [-0.4, -0.2) is 131 Å². The normalized spacial score (nSPS) is 30.4. The van der Waals surface area contributed by atoms with E-state index in [1.165, 1.54) is 18.2 Å². The molecule has 47 heavy (non-hydrogen) atoms. The van der Waals surface area contributed by atoms with Crippen LogP contribution < -0.4 is 0 Å². The minimum Gasteiger partial charge on any atom is -0.508 e. The Balaban J connectivity index is 1.77. The smallest absolute Gasteiger partial charge is 0.330 e. The van der Waals surface area contributed by atoms with Crippen LogP contribution in [0.25, 0.3) is 6.08 Å². The Morgan fingerprint density at radius 1 is 0.766 bits per heavy atom. The highest BCUT2D eigenvalue weighted by atomic mass is 16.8. The van der Waals surface area contributed by atoms with Gasteiger partial charge in [0, 0.05) is 33.8 Å². The van der Waals surface area contributed by atoms with Gasteiger partial charge in [0.05, 0.1) is 6.61 Å². The number of benzene rings is 1. The minimum absolute atomic E-state index is 0.0366. The number of rotatable bonds is 13. The zero-order chi connectivity index (χ0) is 34.9. The van der Waals surface area contributed by atoms with Crippen LogP contribution in [0.4, 0.5) is 0 Å². The summed E-state index contributed by atoms with van der Waals surface area (Å²) in [6, 6.07) is 5.94. The topological polar surface area (TPSA) is 240 Å². The van der Waals surface area contributed by atoms with Gasteiger partial charge in [-0.3, -0.25) is 19.2 Å². The maximum Gasteiger partial charge on any atom is 0.330 e. The number of carbonyl (C=O) groups excluding carboxylic acids is 5. The van der Waals surface area contributed by atoms with E-state index in [-0.39, 0.29) is 5.75 Å². The first-order chi connectivity index (χ1) is 22.1. The molecule has 0 aliphatic carbocycles. The lowest BCUT2D eigenvalue weighted by molar-refractivity contribution is -0.305. The Hall–Kier alpha value is -4.13. The molecular formula is C30H38O17. The number of carbonyl (C=O) groups is 5. The van der Waals surface area contributed by atoms with Crippen LogP contribution in [0, 0.1) is 0 Å². The zero-order valence-electron chi connectivity index (χ0n) is 26.0. The van der Waals surface area contributed by atoms with Crippen LogP contribution in [0.1, 0.15) is 33.3 Å². The van der Waals surface area contributed by atoms with Crippen molar-refractivity contribution in [2.45, 2.75) is 82.3 Å². The summed E-state index contributed by atoms with van der Waals surface area (Å²) in [4.78, 5) is 59.4. The first kappa shape index (κ1) is 37.3. The van der Waals surface area contributed by atoms with E-state index in [1.54, 1.807) is 12.1 Å². The van der Waals surface area contributed by atoms with E-state index in [0.717, 1.165) is 33.8 Å². The molecule has 260 valence electrons. The zero-order valence-corrected chi connectivity index (χ0v) is 26.0. The third-order valence-electron chi connectivity index (χ3n) is 7.00. The average Bonchev–Trinajstić information content (AvgIpc) is 3.26. The van der Waals surface area contributed by atoms with E-state index in [9.17, 15) is 44.4 Å². The van der Waals surface area contributed by atoms with Gasteiger partial charge in [-0.2, -0.15) is 0 Å². The number of ether oxygens (including phenoxy) is 8. The molecule has 2 saturated heterocycles. The molecule has 2 aliphatic rings. The summed E-state index contributed by atoms with van der Waals surface area (Å²) in [5.41, 5.74) is 0.579. The third kappa shape index (κ3) is 10.2. The molecule has 2 aliphatic heterocycles. The van der Waals surface area contributed by atoms with E-state index in [4.69, 9.17) is 37.9 Å². The summed E-state index contributed by atoms with van der Waals surface area (Å²) in [5, 5.41) is 41.9. The second kappa shape index (κ2) is 16.6. The van der Waals surface area contributed by atoms with Crippen LogP contribution in [0.3, 0.4) is 0 Å². The minimum atomic E-state index is -2.31. The molecule has 0 saturated carbocycles. The lowest BCUT2D eigenvalue weighted by Crippen LogP contribution is -2.63. The summed E-state index contributed by atoms with van der Waals surface area (Å²) in [5.74, 6) is -6.32. The van der Waals surface area contributed by atoms with Crippen molar-refractivity contribution in [3.8, 4) is 5.75 Å². The van der Waals surface area contributed by atoms with Crippen LogP contribution in [-0.2, 0) is 61.9 Å². The van der Waals surface area contributed by atoms with Crippen molar-refractivity contribution in [3.05, 3.63) is 35.9 Å². The molecule has 0 aromatic heterocycles. The van der Waals surface area contributed by atoms with E-state index in [1.807, 2.05) is 0 Å². The summed E-state index contributed by atoms with van der Waals surface area (Å²) in [6.07, 6.45) is -9.52. The van der Waals surface area contributed by atoms with Crippen molar-refractivity contribution in [1.82, 2.24) is 0 Å². The van der Waals surface area contributed by atoms with Gasteiger partial charge in [0.15, 0.2) is 18.3 Å². The highest BCUT2D eigenvalue weighted by Crippen LogP contribution is 2.36. The van der Waals surface area contributed by atoms with Crippen molar-refractivity contribution in [2.75, 3.05) is 26.4 Å². The van der Waals surface area contributed by atoms with Crippen LogP contribution in [0.15, 0.2) is 30.3 Å². The van der Waals surface area contributed by atoms with Crippen LogP contribution >= 0.6 is 0 Å². The fourth-order valence-electron chi connectivity index (χ4n) is 4.92. The van der Waals surface area contributed by atoms with Gasteiger partial charge in [0.2, 0.25) is 5.79 Å². The van der Waals surface area contributed by atoms with Gasteiger partial charge in [0.25, 0.3) is 0 Å². The largest absolute Gasteiger partial charge is 0.508 e. The monoisotopic (exact) mass is 670 g/mol. The molecule has 0 unspecified atom stereocenters. The summed E-state index contributed by atoms with van der Waals surface area (Å²) in [7, 11) is 0. The lowest BCUT2D eigenvalue weighted by atomic mass is 9.94. The first-order valence-corrected chi connectivity index (χ1v) is 14.4. The number of phenolic OH excluding ortho intramolecular Hbond substituents is 1. The standard InChI is InChI=1S/C30H38O17/c1-15(32)40-11-22-26(43-16(2)33)28(45-18(4)35)25(38)21(46-22)13-42-30(14-31)29(39)27(44-17(3)34)23(47-30)12-41-24(37)10-7-19-5-8-20(36)9-6-19/h5-10,21-23,25-29,31,36,38-39H,11-14H2,1-4H3/b10-7+/t21-,22-,23-,25+,26-,27+,28-,29-,30-/m1/s1. The van der Waals surface area contributed by atoms with Crippen molar-refractivity contribution >= 4 is 35.9 Å². The number of esters is 5. The second-order valence-electron chi connectivity index (χ2n) is 10.7. The van der Waals surface area contributed by atoms with Gasteiger partial charge in [-0.25, -0.2) is 4.79 Å². The van der Waals surface area contributed by atoms with Crippen molar-refractivity contribution in [2.24, 2.45) is 0 Å². The average molecular weight is 671 g/mol. The lowest BCUT2D eigenvalue weighted by Gasteiger charge is -2.44. The van der Waals surface area contributed by atoms with Crippen LogP contribution in [0.2, 0.25) is 0 Å². The number of hydrogen-bond donors (Lipinski definition) is 4. The van der Waals surface area contributed by atoms with Gasteiger partial charge in [0.1, 0.15) is 56.1 Å². The molecule has 17 nitrogen and oxygen atoms in total. The van der Waals surface area contributed by atoms with Gasteiger partial charge in [-0.1, -0.05) is 12.1 Å². The van der Waals surface area contributed by atoms with Crippen molar-refractivity contribution < 1.29 is 82.3 Å². The molecule has 1 aromatic carbocycles. The molecule has 1 aromatic rings. The Morgan fingerprint density at radius 2 is 1.34 bits per heavy atom. The first-order valence-electron chi connectivity index (χ1n) is 14.4. The Kier molecular flexibility index (Phi) is 13.2. The number of aromatic hydroxyl groups is 1. The fraction of sp³-hybridized carbons (Fsp3) is 0.567. The molecular weight excluding hydrogens is 632 g/mol. The quantitative estimate of drug-likeness (QED) is 0.111. The van der Waals surface area contributed by atoms with Crippen molar-refractivity contribution in [3.63, 3.8) is 0 Å². The van der Waals surface area contributed by atoms with Crippen LogP contribution in [0.5, 0.6) is 5.75 Å². The van der Waals surface area contributed by atoms with Gasteiger partial charge < -0.3 is 58.3 Å². The van der Waals surface area contributed by atoms with Gasteiger partial charge in [-0.15, -0.1) is 0 Å². The van der Waals surface area contributed by atoms with Gasteiger partial charge >= 0.3 is 29.8 Å². The molecule has 9 atom stereocenters. The number of hydrogen-bond acceptors (Lipinski definition) is 17. The SMILES string of the molecule is CC(=O)OC[C@H]1O[C@H](CO[C@]2(CO)O[C@H](COC(=O)/C=C/c3ccc(O)cc3)[C@H](OC(C)=O)[C@H]2O)[C@H](O)[C@@H](OC(C)=O)[C@@H]1OC(C)=O. The molecule has 0 amide bonds. The fourth-order valence-corrected chi connectivity index (χ4v) is 4.92. The van der Waals surface area contributed by atoms with E-state index < -0.39 is 111 Å². The number of aliphatic hydroxyl groups excluding tert-OH is 3. The molecule has 3 rings (SSSR count). The Morgan fingerprint density at radius 3 is 1.91 bits per heavy atom. The van der Waals surface area contributed by atoms with Gasteiger partial charge in [-0.05, 0) is 23.8 Å². The predicted octanol–water partition coefficient (Wildman–Crippen LogP) is -1.10. The second-order valence-corrected chi connectivity index (χ2v) is 10.7. The van der Waals surface area contributed by atoms with E-state index in [0.29, 0.717) is 5.56 Å². The molecule has 2 heterocycles. The molecule has 2 fully saturated rings.